The Balaban J connectivity index is 2.10. The second-order valence-corrected chi connectivity index (χ2v) is 6.07. The summed E-state index contributed by atoms with van der Waals surface area (Å²) in [4.78, 5) is 25.2. The second kappa shape index (κ2) is 6.81. The first-order valence-corrected chi connectivity index (χ1v) is 8.20. The number of aromatic hydroxyl groups is 1. The van der Waals surface area contributed by atoms with Crippen molar-refractivity contribution < 1.29 is 14.7 Å². The van der Waals surface area contributed by atoms with Crippen molar-refractivity contribution in [1.82, 2.24) is 10.6 Å². The van der Waals surface area contributed by atoms with E-state index >= 15 is 0 Å². The summed E-state index contributed by atoms with van der Waals surface area (Å²) in [5, 5.41) is 15.3. The topological polar surface area (TPSA) is 78.4 Å². The standard InChI is InChI=1S/C20H20N2O3/c1-3-16-17(19(24)13-9-7-12(2)8-10-13)18(22-20(25)21-16)14-5-4-6-15(23)11-14/h4-11,18,23H,3H2,1-2H3,(H2,21,22,25). The van der Waals surface area contributed by atoms with Crippen molar-refractivity contribution >= 4 is 11.8 Å². The molecular weight excluding hydrogens is 316 g/mol. The molecule has 3 rings (SSSR count). The molecule has 1 heterocycles. The van der Waals surface area contributed by atoms with Crippen LogP contribution in [-0.4, -0.2) is 16.9 Å². The predicted molar refractivity (Wildman–Crippen MR) is 95.3 cm³/mol. The Hall–Kier alpha value is -3.08. The maximum absolute atomic E-state index is 13.1. The van der Waals surface area contributed by atoms with Crippen LogP contribution in [0.25, 0.3) is 0 Å². The number of benzene rings is 2. The monoisotopic (exact) mass is 336 g/mol. The number of rotatable bonds is 4. The number of phenols is 1. The highest BCUT2D eigenvalue weighted by atomic mass is 16.3. The zero-order valence-electron chi connectivity index (χ0n) is 14.2. The molecule has 1 aliphatic heterocycles. The maximum atomic E-state index is 13.1. The van der Waals surface area contributed by atoms with Crippen LogP contribution in [0.2, 0.25) is 0 Å². The number of carbonyl (C=O) groups is 2. The molecular formula is C20H20N2O3. The van der Waals surface area contributed by atoms with Crippen LogP contribution in [-0.2, 0) is 0 Å². The fourth-order valence-electron chi connectivity index (χ4n) is 2.98. The number of carbonyl (C=O) groups excluding carboxylic acids is 2. The molecule has 0 aliphatic carbocycles. The van der Waals surface area contributed by atoms with E-state index in [0.717, 1.165) is 5.56 Å². The molecule has 128 valence electrons. The lowest BCUT2D eigenvalue weighted by molar-refractivity contribution is 0.102. The summed E-state index contributed by atoms with van der Waals surface area (Å²) >= 11 is 0. The Bertz CT molecular complexity index is 853. The van der Waals surface area contributed by atoms with Crippen molar-refractivity contribution in [1.29, 1.82) is 0 Å². The van der Waals surface area contributed by atoms with Crippen LogP contribution in [0, 0.1) is 6.92 Å². The Kier molecular flexibility index (Phi) is 4.57. The first-order valence-electron chi connectivity index (χ1n) is 8.20. The van der Waals surface area contributed by atoms with Gasteiger partial charge in [0.2, 0.25) is 0 Å². The fourth-order valence-corrected chi connectivity index (χ4v) is 2.98. The first kappa shape index (κ1) is 16.8. The summed E-state index contributed by atoms with van der Waals surface area (Å²) in [6.07, 6.45) is 0.523. The molecule has 2 aromatic rings. The molecule has 0 bridgehead atoms. The van der Waals surface area contributed by atoms with Gasteiger partial charge in [-0.15, -0.1) is 0 Å². The average Bonchev–Trinajstić information content (AvgIpc) is 2.61. The number of hydrogen-bond donors (Lipinski definition) is 3. The SMILES string of the molecule is CCC1=C(C(=O)c2ccc(C)cc2)C(c2cccc(O)c2)NC(=O)N1. The molecule has 1 unspecified atom stereocenters. The van der Waals surface area contributed by atoms with Crippen molar-refractivity contribution in [2.75, 3.05) is 0 Å². The van der Waals surface area contributed by atoms with Crippen LogP contribution in [0.1, 0.15) is 40.9 Å². The van der Waals surface area contributed by atoms with E-state index in [1.807, 2.05) is 26.0 Å². The molecule has 0 radical (unpaired) electrons. The highest BCUT2D eigenvalue weighted by molar-refractivity contribution is 6.11. The van der Waals surface area contributed by atoms with Crippen LogP contribution in [0.3, 0.4) is 0 Å². The number of aryl methyl sites for hydroxylation is 1. The number of allylic oxidation sites excluding steroid dienone is 1. The quantitative estimate of drug-likeness (QED) is 0.747. The van der Waals surface area contributed by atoms with Gasteiger partial charge in [0.05, 0.1) is 6.04 Å². The zero-order valence-corrected chi connectivity index (χ0v) is 14.2. The maximum Gasteiger partial charge on any atom is 0.319 e. The number of phenolic OH excluding ortho intramolecular Hbond substituents is 1. The molecule has 0 saturated carbocycles. The Labute approximate surface area is 146 Å². The van der Waals surface area contributed by atoms with Crippen molar-refractivity contribution in [2.45, 2.75) is 26.3 Å². The van der Waals surface area contributed by atoms with Gasteiger partial charge < -0.3 is 15.7 Å². The molecule has 0 spiro atoms. The number of urea groups is 1. The molecule has 0 fully saturated rings. The number of Topliss-reactive ketones (excluding diaryl/α,β-unsaturated/α-hetero) is 1. The van der Waals surface area contributed by atoms with Gasteiger partial charge in [0.15, 0.2) is 5.78 Å². The van der Waals surface area contributed by atoms with Crippen LogP contribution in [0.15, 0.2) is 59.8 Å². The minimum Gasteiger partial charge on any atom is -0.508 e. The lowest BCUT2D eigenvalue weighted by Gasteiger charge is -2.29. The minimum absolute atomic E-state index is 0.0884. The van der Waals surface area contributed by atoms with Gasteiger partial charge in [-0.2, -0.15) is 0 Å². The third-order valence-corrected chi connectivity index (χ3v) is 4.27. The van der Waals surface area contributed by atoms with E-state index in [1.54, 1.807) is 36.4 Å². The molecule has 3 N–H and O–H groups in total. The molecule has 1 atom stereocenters. The molecule has 1 aliphatic rings. The van der Waals surface area contributed by atoms with Gasteiger partial charge >= 0.3 is 6.03 Å². The van der Waals surface area contributed by atoms with Gasteiger partial charge in [-0.25, -0.2) is 4.79 Å². The van der Waals surface area contributed by atoms with Gasteiger partial charge in [0.1, 0.15) is 5.75 Å². The summed E-state index contributed by atoms with van der Waals surface area (Å²) in [6, 6.07) is 13.0. The normalized spacial score (nSPS) is 17.0. The van der Waals surface area contributed by atoms with Crippen LogP contribution < -0.4 is 10.6 Å². The second-order valence-electron chi connectivity index (χ2n) is 6.07. The molecule has 5 heteroatoms. The molecule has 0 aromatic heterocycles. The van der Waals surface area contributed by atoms with E-state index in [9.17, 15) is 14.7 Å². The Morgan fingerprint density at radius 2 is 1.88 bits per heavy atom. The Morgan fingerprint density at radius 3 is 2.52 bits per heavy atom. The van der Waals surface area contributed by atoms with E-state index < -0.39 is 6.04 Å². The first-order chi connectivity index (χ1) is 12.0. The van der Waals surface area contributed by atoms with E-state index in [0.29, 0.717) is 28.8 Å². The summed E-state index contributed by atoms with van der Waals surface area (Å²) in [7, 11) is 0. The lowest BCUT2D eigenvalue weighted by atomic mass is 9.88. The average molecular weight is 336 g/mol. The van der Waals surface area contributed by atoms with Crippen LogP contribution >= 0.6 is 0 Å². The smallest absolute Gasteiger partial charge is 0.319 e. The van der Waals surface area contributed by atoms with E-state index in [1.165, 1.54) is 0 Å². The molecule has 0 saturated heterocycles. The minimum atomic E-state index is -0.607. The highest BCUT2D eigenvalue weighted by Crippen LogP contribution is 2.31. The van der Waals surface area contributed by atoms with Gasteiger partial charge in [0, 0.05) is 16.8 Å². The largest absolute Gasteiger partial charge is 0.508 e. The van der Waals surface area contributed by atoms with E-state index in [4.69, 9.17) is 0 Å². The molecule has 25 heavy (non-hydrogen) atoms. The van der Waals surface area contributed by atoms with Crippen LogP contribution in [0.4, 0.5) is 4.79 Å². The van der Waals surface area contributed by atoms with Gasteiger partial charge in [-0.1, -0.05) is 48.9 Å². The van der Waals surface area contributed by atoms with Gasteiger partial charge in [-0.05, 0) is 31.0 Å². The number of amides is 2. The summed E-state index contributed by atoms with van der Waals surface area (Å²) < 4.78 is 0. The third kappa shape index (κ3) is 3.40. The highest BCUT2D eigenvalue weighted by Gasteiger charge is 2.32. The summed E-state index contributed by atoms with van der Waals surface area (Å²) in [5.41, 5.74) is 3.39. The zero-order chi connectivity index (χ0) is 18.0. The van der Waals surface area contributed by atoms with Crippen LogP contribution in [0.5, 0.6) is 5.75 Å². The summed E-state index contributed by atoms with van der Waals surface area (Å²) in [6.45, 7) is 3.85. The van der Waals surface area contributed by atoms with Gasteiger partial charge in [-0.3, -0.25) is 4.79 Å². The number of ketones is 1. The van der Waals surface area contributed by atoms with Gasteiger partial charge in [0.25, 0.3) is 0 Å². The van der Waals surface area contributed by atoms with E-state index in [2.05, 4.69) is 10.6 Å². The van der Waals surface area contributed by atoms with Crippen molar-refractivity contribution in [3.05, 3.63) is 76.5 Å². The van der Waals surface area contributed by atoms with Crippen molar-refractivity contribution in [2.24, 2.45) is 0 Å². The number of nitrogens with one attached hydrogen (secondary N) is 2. The molecule has 2 aromatic carbocycles. The predicted octanol–water partition coefficient (Wildman–Crippen LogP) is 3.60. The lowest BCUT2D eigenvalue weighted by Crippen LogP contribution is -2.45. The van der Waals surface area contributed by atoms with Crippen molar-refractivity contribution in [3.63, 3.8) is 0 Å². The Morgan fingerprint density at radius 1 is 1.16 bits per heavy atom. The van der Waals surface area contributed by atoms with Crippen molar-refractivity contribution in [3.8, 4) is 5.75 Å². The van der Waals surface area contributed by atoms with E-state index in [-0.39, 0.29) is 17.6 Å². The summed E-state index contributed by atoms with van der Waals surface area (Å²) in [5.74, 6) is -0.0526. The molecule has 5 nitrogen and oxygen atoms in total. The fraction of sp³-hybridized carbons (Fsp3) is 0.200. The number of hydrogen-bond acceptors (Lipinski definition) is 3. The third-order valence-electron chi connectivity index (χ3n) is 4.27. The molecule has 2 amide bonds.